The van der Waals surface area contributed by atoms with Crippen molar-refractivity contribution in [2.24, 2.45) is 0 Å². The Morgan fingerprint density at radius 1 is 0.947 bits per heavy atom. The molecule has 2 rings (SSSR count). The van der Waals surface area contributed by atoms with E-state index in [1.165, 1.54) is 5.56 Å². The Balaban J connectivity index is 1.67. The fourth-order valence-corrected chi connectivity index (χ4v) is 2.17. The van der Waals surface area contributed by atoms with E-state index < -0.39 is 0 Å². The number of hydrogen-bond acceptors (Lipinski definition) is 2. The standard InChI is InChI=1S/C16H19ClN2/c17-15-6-1-2-7-16(15)19-12-4-3-5-13-8-10-14(18)11-9-13/h1-2,6-11,19H,3-5,12,18H2. The second kappa shape index (κ2) is 7.05. The highest BCUT2D eigenvalue weighted by Gasteiger charge is 1.97. The molecule has 3 N–H and O–H groups in total. The van der Waals surface area contributed by atoms with Crippen LogP contribution in [-0.2, 0) is 6.42 Å². The highest BCUT2D eigenvalue weighted by Crippen LogP contribution is 2.20. The number of rotatable bonds is 6. The number of nitrogens with two attached hydrogens (primary N) is 1. The normalized spacial score (nSPS) is 10.4. The SMILES string of the molecule is Nc1ccc(CCCCNc2ccccc2Cl)cc1. The highest BCUT2D eigenvalue weighted by atomic mass is 35.5. The number of hydrogen-bond donors (Lipinski definition) is 2. The van der Waals surface area contributed by atoms with E-state index in [9.17, 15) is 0 Å². The first kappa shape index (κ1) is 13.8. The monoisotopic (exact) mass is 274 g/mol. The summed E-state index contributed by atoms with van der Waals surface area (Å²) in [4.78, 5) is 0. The molecule has 0 fully saturated rings. The summed E-state index contributed by atoms with van der Waals surface area (Å²) in [5, 5.41) is 4.14. The molecule has 0 saturated heterocycles. The lowest BCUT2D eigenvalue weighted by Gasteiger charge is -2.08. The van der Waals surface area contributed by atoms with E-state index in [1.54, 1.807) is 0 Å². The van der Waals surface area contributed by atoms with Crippen molar-refractivity contribution in [3.63, 3.8) is 0 Å². The summed E-state index contributed by atoms with van der Waals surface area (Å²) in [6, 6.07) is 15.9. The van der Waals surface area contributed by atoms with Gasteiger partial charge in [-0.05, 0) is 49.1 Å². The third-order valence-electron chi connectivity index (χ3n) is 3.06. The first-order valence-corrected chi connectivity index (χ1v) is 6.96. The second-order valence-electron chi connectivity index (χ2n) is 4.61. The Morgan fingerprint density at radius 2 is 1.68 bits per heavy atom. The summed E-state index contributed by atoms with van der Waals surface area (Å²) in [6.45, 7) is 0.943. The van der Waals surface area contributed by atoms with Gasteiger partial charge in [-0.2, -0.15) is 0 Å². The molecular formula is C16H19ClN2. The Labute approximate surface area is 119 Å². The van der Waals surface area contributed by atoms with Crippen LogP contribution < -0.4 is 11.1 Å². The smallest absolute Gasteiger partial charge is 0.0637 e. The fraction of sp³-hybridized carbons (Fsp3) is 0.250. The van der Waals surface area contributed by atoms with Gasteiger partial charge in [0.1, 0.15) is 0 Å². The molecule has 0 heterocycles. The number of benzene rings is 2. The maximum Gasteiger partial charge on any atom is 0.0637 e. The van der Waals surface area contributed by atoms with Crippen molar-refractivity contribution in [3.05, 3.63) is 59.1 Å². The van der Waals surface area contributed by atoms with Crippen LogP contribution in [0.3, 0.4) is 0 Å². The van der Waals surface area contributed by atoms with E-state index in [0.717, 1.165) is 42.2 Å². The minimum atomic E-state index is 0.779. The Bertz CT molecular complexity index is 508. The third kappa shape index (κ3) is 4.49. The van der Waals surface area contributed by atoms with Gasteiger partial charge in [0.15, 0.2) is 0 Å². The zero-order valence-corrected chi connectivity index (χ0v) is 11.7. The van der Waals surface area contributed by atoms with Crippen molar-refractivity contribution >= 4 is 23.0 Å². The fourth-order valence-electron chi connectivity index (χ4n) is 1.97. The third-order valence-corrected chi connectivity index (χ3v) is 3.39. The van der Waals surface area contributed by atoms with E-state index in [2.05, 4.69) is 17.4 Å². The Kier molecular flexibility index (Phi) is 5.10. The molecule has 2 aromatic rings. The van der Waals surface area contributed by atoms with Crippen molar-refractivity contribution in [2.45, 2.75) is 19.3 Å². The van der Waals surface area contributed by atoms with Crippen LogP contribution in [0.1, 0.15) is 18.4 Å². The predicted molar refractivity (Wildman–Crippen MR) is 83.7 cm³/mol. The van der Waals surface area contributed by atoms with Gasteiger partial charge in [-0.3, -0.25) is 0 Å². The van der Waals surface area contributed by atoms with Gasteiger partial charge in [-0.25, -0.2) is 0 Å². The Hall–Kier alpha value is -1.67. The maximum absolute atomic E-state index is 6.07. The molecule has 0 aliphatic heterocycles. The molecule has 0 aliphatic rings. The van der Waals surface area contributed by atoms with Gasteiger partial charge in [0.05, 0.1) is 10.7 Å². The van der Waals surface area contributed by atoms with Gasteiger partial charge < -0.3 is 11.1 Å². The van der Waals surface area contributed by atoms with Gasteiger partial charge in [-0.1, -0.05) is 35.9 Å². The quantitative estimate of drug-likeness (QED) is 0.607. The zero-order chi connectivity index (χ0) is 13.5. The van der Waals surface area contributed by atoms with Crippen LogP contribution in [-0.4, -0.2) is 6.54 Å². The number of anilines is 2. The van der Waals surface area contributed by atoms with Crippen LogP contribution in [0.25, 0.3) is 0 Å². The van der Waals surface area contributed by atoms with Crippen LogP contribution in [0.4, 0.5) is 11.4 Å². The lowest BCUT2D eigenvalue weighted by atomic mass is 10.1. The van der Waals surface area contributed by atoms with Crippen LogP contribution in [0.15, 0.2) is 48.5 Å². The van der Waals surface area contributed by atoms with Crippen LogP contribution in [0.2, 0.25) is 5.02 Å². The van der Waals surface area contributed by atoms with Crippen LogP contribution in [0, 0.1) is 0 Å². The molecule has 0 radical (unpaired) electrons. The number of aryl methyl sites for hydroxylation is 1. The first-order valence-electron chi connectivity index (χ1n) is 6.58. The van der Waals surface area contributed by atoms with Crippen molar-refractivity contribution in [2.75, 3.05) is 17.6 Å². The molecule has 100 valence electrons. The van der Waals surface area contributed by atoms with Gasteiger partial charge in [0, 0.05) is 12.2 Å². The summed E-state index contributed by atoms with van der Waals surface area (Å²) >= 11 is 6.07. The summed E-state index contributed by atoms with van der Waals surface area (Å²) in [6.07, 6.45) is 3.36. The maximum atomic E-state index is 6.07. The molecule has 0 spiro atoms. The largest absolute Gasteiger partial charge is 0.399 e. The molecule has 2 nitrogen and oxygen atoms in total. The molecule has 2 aromatic carbocycles. The lowest BCUT2D eigenvalue weighted by molar-refractivity contribution is 0.763. The molecule has 19 heavy (non-hydrogen) atoms. The predicted octanol–water partition coefficient (Wildman–Crippen LogP) is 4.36. The van der Waals surface area contributed by atoms with E-state index in [0.29, 0.717) is 0 Å². The molecule has 0 aromatic heterocycles. The average Bonchev–Trinajstić information content (AvgIpc) is 2.42. The number of para-hydroxylation sites is 1. The summed E-state index contributed by atoms with van der Waals surface area (Å²) in [5.74, 6) is 0. The van der Waals surface area contributed by atoms with Crippen LogP contribution >= 0.6 is 11.6 Å². The number of nitrogens with one attached hydrogen (secondary N) is 1. The minimum absolute atomic E-state index is 0.779. The summed E-state index contributed by atoms with van der Waals surface area (Å²) < 4.78 is 0. The molecule has 0 bridgehead atoms. The van der Waals surface area contributed by atoms with Gasteiger partial charge in [0.2, 0.25) is 0 Å². The molecule has 0 unspecified atom stereocenters. The van der Waals surface area contributed by atoms with Gasteiger partial charge >= 0.3 is 0 Å². The molecular weight excluding hydrogens is 256 g/mol. The van der Waals surface area contributed by atoms with E-state index in [-0.39, 0.29) is 0 Å². The van der Waals surface area contributed by atoms with Gasteiger partial charge in [-0.15, -0.1) is 0 Å². The topological polar surface area (TPSA) is 38.0 Å². The van der Waals surface area contributed by atoms with E-state index in [4.69, 9.17) is 17.3 Å². The number of nitrogen functional groups attached to an aromatic ring is 1. The minimum Gasteiger partial charge on any atom is -0.399 e. The van der Waals surface area contributed by atoms with Crippen molar-refractivity contribution in [1.82, 2.24) is 0 Å². The first-order chi connectivity index (χ1) is 9.25. The number of unbranched alkanes of at least 4 members (excludes halogenated alkanes) is 1. The Morgan fingerprint density at radius 3 is 2.42 bits per heavy atom. The summed E-state index contributed by atoms with van der Waals surface area (Å²) in [7, 11) is 0. The van der Waals surface area contributed by atoms with Gasteiger partial charge in [0.25, 0.3) is 0 Å². The van der Waals surface area contributed by atoms with E-state index >= 15 is 0 Å². The van der Waals surface area contributed by atoms with Crippen LogP contribution in [0.5, 0.6) is 0 Å². The molecule has 0 aliphatic carbocycles. The molecule has 0 atom stereocenters. The van der Waals surface area contributed by atoms with Crippen molar-refractivity contribution in [1.29, 1.82) is 0 Å². The van der Waals surface area contributed by atoms with Crippen molar-refractivity contribution in [3.8, 4) is 0 Å². The van der Waals surface area contributed by atoms with E-state index in [1.807, 2.05) is 36.4 Å². The number of halogens is 1. The molecule has 3 heteroatoms. The molecule has 0 amide bonds. The molecule has 0 saturated carbocycles. The zero-order valence-electron chi connectivity index (χ0n) is 10.9. The second-order valence-corrected chi connectivity index (χ2v) is 5.01. The highest BCUT2D eigenvalue weighted by molar-refractivity contribution is 6.33. The average molecular weight is 275 g/mol. The van der Waals surface area contributed by atoms with Crippen molar-refractivity contribution < 1.29 is 0 Å². The lowest BCUT2D eigenvalue weighted by Crippen LogP contribution is -2.02. The summed E-state index contributed by atoms with van der Waals surface area (Å²) in [5.41, 5.74) is 8.83.